The van der Waals surface area contributed by atoms with E-state index in [1.54, 1.807) is 21.3 Å². The summed E-state index contributed by atoms with van der Waals surface area (Å²) in [6.07, 6.45) is 4.56. The maximum Gasteiger partial charge on any atom is 0.191 e. The van der Waals surface area contributed by atoms with Crippen molar-refractivity contribution in [2.24, 2.45) is 10.4 Å². The molecule has 2 unspecified atom stereocenters. The maximum atomic E-state index is 10.4. The molecule has 2 atom stereocenters. The number of aliphatic hydroxyl groups is 1. The van der Waals surface area contributed by atoms with E-state index in [9.17, 15) is 5.11 Å². The molecule has 0 aliphatic heterocycles. The molecule has 0 radical (unpaired) electrons. The molecule has 0 bridgehead atoms. The Morgan fingerprint density at radius 2 is 1.80 bits per heavy atom. The van der Waals surface area contributed by atoms with Gasteiger partial charge < -0.3 is 30.0 Å². The van der Waals surface area contributed by atoms with E-state index in [4.69, 9.17) is 19.2 Å². The smallest absolute Gasteiger partial charge is 0.191 e. The summed E-state index contributed by atoms with van der Waals surface area (Å²) in [6.45, 7) is 6.24. The molecule has 0 saturated heterocycles. The summed E-state index contributed by atoms with van der Waals surface area (Å²) in [5.74, 6) is 2.94. The number of aliphatic hydroxyl groups excluding tert-OH is 1. The Bertz CT molecular complexity index is 661. The van der Waals surface area contributed by atoms with Gasteiger partial charge in [-0.15, -0.1) is 24.0 Å². The number of ether oxygens (including phenoxy) is 3. The highest BCUT2D eigenvalue weighted by molar-refractivity contribution is 14.0. The molecule has 1 aliphatic rings. The molecule has 1 fully saturated rings. The quantitative estimate of drug-likeness (QED) is 0.256. The number of methoxy groups -OCH3 is 3. The van der Waals surface area contributed by atoms with Crippen molar-refractivity contribution < 1.29 is 19.3 Å². The number of guanidine groups is 1. The molecule has 30 heavy (non-hydrogen) atoms. The van der Waals surface area contributed by atoms with Gasteiger partial charge in [-0.05, 0) is 26.2 Å². The van der Waals surface area contributed by atoms with Crippen molar-refractivity contribution in [2.75, 3.05) is 41.0 Å². The second-order valence-corrected chi connectivity index (χ2v) is 7.80. The van der Waals surface area contributed by atoms with Crippen LogP contribution in [0.4, 0.5) is 0 Å². The van der Waals surface area contributed by atoms with E-state index < -0.39 is 0 Å². The molecule has 1 aromatic carbocycles. The fraction of sp³-hybridized carbons (Fsp3) is 0.682. The zero-order chi connectivity index (χ0) is 21.3. The summed E-state index contributed by atoms with van der Waals surface area (Å²) < 4.78 is 16.4. The highest BCUT2D eigenvalue weighted by atomic mass is 127. The number of rotatable bonds is 9. The average Bonchev–Trinajstić information content (AvgIpc) is 2.74. The van der Waals surface area contributed by atoms with Crippen molar-refractivity contribution in [3.8, 4) is 17.2 Å². The van der Waals surface area contributed by atoms with Gasteiger partial charge in [0, 0.05) is 36.2 Å². The molecular weight excluding hydrogens is 497 g/mol. The zero-order valence-electron chi connectivity index (χ0n) is 18.9. The third-order valence-corrected chi connectivity index (χ3v) is 5.71. The van der Waals surface area contributed by atoms with E-state index in [0.29, 0.717) is 25.3 Å². The van der Waals surface area contributed by atoms with Crippen LogP contribution >= 0.6 is 24.0 Å². The number of aliphatic imine (C=N–C) groups is 1. The SMILES string of the molecule is CCNC(=NCC1(C)CCCCC1O)NCCc1c(OC)cc(OC)cc1OC.I. The number of hydrogen-bond acceptors (Lipinski definition) is 5. The lowest BCUT2D eigenvalue weighted by Crippen LogP contribution is -2.42. The summed E-state index contributed by atoms with van der Waals surface area (Å²) in [5, 5.41) is 17.1. The minimum atomic E-state index is -0.282. The van der Waals surface area contributed by atoms with Crippen LogP contribution in [-0.4, -0.2) is 58.1 Å². The van der Waals surface area contributed by atoms with Crippen molar-refractivity contribution in [1.29, 1.82) is 0 Å². The van der Waals surface area contributed by atoms with Gasteiger partial charge in [-0.1, -0.05) is 19.8 Å². The Morgan fingerprint density at radius 1 is 1.13 bits per heavy atom. The zero-order valence-corrected chi connectivity index (χ0v) is 21.2. The minimum Gasteiger partial charge on any atom is -0.496 e. The van der Waals surface area contributed by atoms with E-state index >= 15 is 0 Å². The lowest BCUT2D eigenvalue weighted by atomic mass is 9.73. The first kappa shape index (κ1) is 26.6. The van der Waals surface area contributed by atoms with Crippen LogP contribution in [0.25, 0.3) is 0 Å². The number of benzene rings is 1. The van der Waals surface area contributed by atoms with Crippen LogP contribution in [0.2, 0.25) is 0 Å². The van der Waals surface area contributed by atoms with Gasteiger partial charge in [0.05, 0.1) is 34.0 Å². The molecule has 3 N–H and O–H groups in total. The molecule has 1 saturated carbocycles. The summed E-state index contributed by atoms with van der Waals surface area (Å²) in [6, 6.07) is 3.73. The molecule has 0 spiro atoms. The molecule has 1 aromatic rings. The van der Waals surface area contributed by atoms with Crippen molar-refractivity contribution in [2.45, 2.75) is 52.1 Å². The van der Waals surface area contributed by atoms with Crippen molar-refractivity contribution in [1.82, 2.24) is 10.6 Å². The lowest BCUT2D eigenvalue weighted by molar-refractivity contribution is 0.00716. The van der Waals surface area contributed by atoms with Gasteiger partial charge in [-0.25, -0.2) is 0 Å². The van der Waals surface area contributed by atoms with Crippen molar-refractivity contribution in [3.05, 3.63) is 17.7 Å². The monoisotopic (exact) mass is 535 g/mol. The Labute approximate surface area is 198 Å². The van der Waals surface area contributed by atoms with E-state index in [1.165, 1.54) is 0 Å². The van der Waals surface area contributed by atoms with Crippen molar-refractivity contribution >= 4 is 29.9 Å². The molecule has 0 aromatic heterocycles. The van der Waals surface area contributed by atoms with Gasteiger partial charge in [-0.3, -0.25) is 4.99 Å². The average molecular weight is 535 g/mol. The van der Waals surface area contributed by atoms with Gasteiger partial charge in [0.25, 0.3) is 0 Å². The van der Waals surface area contributed by atoms with E-state index in [0.717, 1.165) is 55.3 Å². The predicted octanol–water partition coefficient (Wildman–Crippen LogP) is 3.37. The van der Waals surface area contributed by atoms with Crippen LogP contribution in [0.3, 0.4) is 0 Å². The lowest BCUT2D eigenvalue weighted by Gasteiger charge is -2.37. The summed E-state index contributed by atoms with van der Waals surface area (Å²) in [7, 11) is 4.91. The van der Waals surface area contributed by atoms with Gasteiger partial charge in [0.2, 0.25) is 0 Å². The predicted molar refractivity (Wildman–Crippen MR) is 132 cm³/mol. The van der Waals surface area contributed by atoms with Crippen molar-refractivity contribution in [3.63, 3.8) is 0 Å². The Balaban J connectivity index is 0.00000450. The van der Waals surface area contributed by atoms with Crippen LogP contribution in [0.5, 0.6) is 17.2 Å². The fourth-order valence-electron chi connectivity index (χ4n) is 3.80. The largest absolute Gasteiger partial charge is 0.496 e. The number of nitrogens with one attached hydrogen (secondary N) is 2. The van der Waals surface area contributed by atoms with E-state index in [1.807, 2.05) is 19.1 Å². The fourth-order valence-corrected chi connectivity index (χ4v) is 3.80. The highest BCUT2D eigenvalue weighted by Crippen LogP contribution is 2.36. The van der Waals surface area contributed by atoms with Crippen LogP contribution in [0.1, 0.15) is 45.1 Å². The molecule has 7 nitrogen and oxygen atoms in total. The van der Waals surface area contributed by atoms with Gasteiger partial charge >= 0.3 is 0 Å². The van der Waals surface area contributed by atoms with E-state index in [2.05, 4.69) is 17.6 Å². The maximum absolute atomic E-state index is 10.4. The van der Waals surface area contributed by atoms with Crippen LogP contribution in [0.15, 0.2) is 17.1 Å². The van der Waals surface area contributed by atoms with Gasteiger partial charge in [0.1, 0.15) is 17.2 Å². The first-order valence-electron chi connectivity index (χ1n) is 10.5. The molecule has 8 heteroatoms. The Kier molecular flexibility index (Phi) is 11.6. The molecular formula is C22H38IN3O4. The van der Waals surface area contributed by atoms with Crippen LogP contribution in [-0.2, 0) is 6.42 Å². The topological polar surface area (TPSA) is 84.3 Å². The number of halogens is 1. The van der Waals surface area contributed by atoms with Crippen LogP contribution in [0, 0.1) is 5.41 Å². The molecule has 0 heterocycles. The summed E-state index contributed by atoms with van der Waals surface area (Å²) in [5.41, 5.74) is 0.831. The first-order chi connectivity index (χ1) is 14.0. The number of hydrogen-bond donors (Lipinski definition) is 3. The minimum absolute atomic E-state index is 0. The summed E-state index contributed by atoms with van der Waals surface area (Å²) in [4.78, 5) is 4.75. The molecule has 2 rings (SSSR count). The molecule has 172 valence electrons. The molecule has 0 amide bonds. The third kappa shape index (κ3) is 7.08. The van der Waals surface area contributed by atoms with E-state index in [-0.39, 0.29) is 35.5 Å². The Hall–Kier alpha value is -1.42. The van der Waals surface area contributed by atoms with Crippen LogP contribution < -0.4 is 24.8 Å². The third-order valence-electron chi connectivity index (χ3n) is 5.71. The Morgan fingerprint density at radius 3 is 2.33 bits per heavy atom. The standard InChI is InChI=1S/C22H37N3O4.HI/c1-6-23-21(25-15-22(2)11-8-7-9-20(22)26)24-12-10-17-18(28-4)13-16(27-3)14-19(17)29-5;/h13-14,20,26H,6-12,15H2,1-5H3,(H2,23,24,25);1H. The second kappa shape index (κ2) is 13.1. The second-order valence-electron chi connectivity index (χ2n) is 7.80. The first-order valence-corrected chi connectivity index (χ1v) is 10.5. The summed E-state index contributed by atoms with van der Waals surface area (Å²) >= 11 is 0. The normalized spacial score (nSPS) is 21.4. The highest BCUT2D eigenvalue weighted by Gasteiger charge is 2.35. The van der Waals surface area contributed by atoms with Gasteiger partial charge in [-0.2, -0.15) is 0 Å². The molecule has 1 aliphatic carbocycles. The number of nitrogens with zero attached hydrogens (tertiary/aromatic N) is 1. The van der Waals surface area contributed by atoms with Gasteiger partial charge in [0.15, 0.2) is 5.96 Å².